The minimum absolute atomic E-state index is 0.236. The van der Waals surface area contributed by atoms with Gasteiger partial charge in [0, 0.05) is 14.1 Å². The van der Waals surface area contributed by atoms with Gasteiger partial charge in [0.25, 0.3) is 0 Å². The number of hydrazine groups is 1. The van der Waals surface area contributed by atoms with Gasteiger partial charge in [-0.25, -0.2) is 14.8 Å². The van der Waals surface area contributed by atoms with E-state index in [0.29, 0.717) is 5.13 Å². The lowest BCUT2D eigenvalue weighted by molar-refractivity contribution is 0.0702. The minimum Gasteiger partial charge on any atom is -0.477 e. The first kappa shape index (κ1) is 8.95. The van der Waals surface area contributed by atoms with Crippen molar-refractivity contribution in [3.63, 3.8) is 0 Å². The highest BCUT2D eigenvalue weighted by Gasteiger charge is 2.07. The summed E-state index contributed by atoms with van der Waals surface area (Å²) in [6, 6.07) is 0. The molecule has 0 aromatic carbocycles. The van der Waals surface area contributed by atoms with Crippen LogP contribution >= 0.6 is 11.3 Å². The van der Waals surface area contributed by atoms with E-state index < -0.39 is 5.97 Å². The Morgan fingerprint density at radius 1 is 1.75 bits per heavy atom. The molecule has 6 heteroatoms. The Morgan fingerprint density at radius 3 is 2.83 bits per heavy atom. The number of thiazole rings is 1. The predicted octanol–water partition coefficient (Wildman–Crippen LogP) is 0.730. The molecule has 0 amide bonds. The molecule has 0 aliphatic heterocycles. The lowest BCUT2D eigenvalue weighted by atomic mass is 10.6. The molecule has 1 aromatic heterocycles. The maximum Gasteiger partial charge on any atom is 0.347 e. The van der Waals surface area contributed by atoms with Gasteiger partial charge < -0.3 is 5.11 Å². The van der Waals surface area contributed by atoms with Crippen LogP contribution in [0.2, 0.25) is 0 Å². The number of rotatable bonds is 3. The summed E-state index contributed by atoms with van der Waals surface area (Å²) in [5.41, 5.74) is 2.86. The molecule has 5 nitrogen and oxygen atoms in total. The van der Waals surface area contributed by atoms with Gasteiger partial charge in [-0.15, -0.1) is 0 Å². The lowest BCUT2D eigenvalue weighted by Crippen LogP contribution is -2.19. The third-order valence-electron chi connectivity index (χ3n) is 1.04. The fourth-order valence-corrected chi connectivity index (χ4v) is 1.35. The van der Waals surface area contributed by atoms with Crippen molar-refractivity contribution in [3.8, 4) is 0 Å². The van der Waals surface area contributed by atoms with Gasteiger partial charge in [-0.2, -0.15) is 0 Å². The van der Waals surface area contributed by atoms with Crippen LogP contribution in [0.5, 0.6) is 0 Å². The lowest BCUT2D eigenvalue weighted by Gasteiger charge is -2.08. The molecule has 0 saturated heterocycles. The first-order valence-corrected chi connectivity index (χ1v) is 4.04. The number of nitrogens with zero attached hydrogens (tertiary/aromatic N) is 2. The van der Waals surface area contributed by atoms with Crippen molar-refractivity contribution >= 4 is 22.4 Å². The summed E-state index contributed by atoms with van der Waals surface area (Å²) < 4.78 is 0. The first-order valence-electron chi connectivity index (χ1n) is 3.22. The van der Waals surface area contributed by atoms with Crippen LogP contribution in [0.15, 0.2) is 6.20 Å². The molecule has 0 spiro atoms. The monoisotopic (exact) mass is 187 g/mol. The molecule has 1 heterocycles. The van der Waals surface area contributed by atoms with Crippen LogP contribution in [-0.2, 0) is 0 Å². The van der Waals surface area contributed by atoms with Crippen LogP contribution in [0.4, 0.5) is 5.13 Å². The van der Waals surface area contributed by atoms with Crippen LogP contribution in [-0.4, -0.2) is 35.2 Å². The van der Waals surface area contributed by atoms with Crippen LogP contribution in [0.25, 0.3) is 0 Å². The fraction of sp³-hybridized carbons (Fsp3) is 0.333. The van der Waals surface area contributed by atoms with Gasteiger partial charge in [0.05, 0.1) is 6.20 Å². The maximum absolute atomic E-state index is 10.4. The number of hydrogen-bond acceptors (Lipinski definition) is 5. The van der Waals surface area contributed by atoms with Crippen LogP contribution in [0, 0.1) is 0 Å². The first-order chi connectivity index (χ1) is 5.59. The number of carboxylic acids is 1. The third kappa shape index (κ3) is 2.18. The molecule has 0 aliphatic rings. The SMILES string of the molecule is CN(C)Nc1ncc(C(=O)O)s1. The van der Waals surface area contributed by atoms with Gasteiger partial charge in [-0.05, 0) is 0 Å². The van der Waals surface area contributed by atoms with E-state index in [4.69, 9.17) is 5.11 Å². The zero-order valence-corrected chi connectivity index (χ0v) is 7.55. The molecular formula is C6H9N3O2S. The van der Waals surface area contributed by atoms with Gasteiger partial charge in [-0.3, -0.25) is 5.43 Å². The van der Waals surface area contributed by atoms with Crippen molar-refractivity contribution < 1.29 is 9.90 Å². The number of aromatic carboxylic acids is 1. The highest BCUT2D eigenvalue weighted by molar-refractivity contribution is 7.17. The highest BCUT2D eigenvalue weighted by Crippen LogP contribution is 2.17. The molecular weight excluding hydrogens is 178 g/mol. The molecule has 2 N–H and O–H groups in total. The Bertz CT molecular complexity index is 284. The summed E-state index contributed by atoms with van der Waals surface area (Å²) in [6.45, 7) is 0. The van der Waals surface area contributed by atoms with E-state index in [1.165, 1.54) is 6.20 Å². The van der Waals surface area contributed by atoms with E-state index in [9.17, 15) is 4.79 Å². The zero-order valence-electron chi connectivity index (χ0n) is 6.74. The Hall–Kier alpha value is -1.14. The van der Waals surface area contributed by atoms with Crippen LogP contribution < -0.4 is 5.43 Å². The normalized spacial score (nSPS) is 10.2. The molecule has 0 atom stereocenters. The van der Waals surface area contributed by atoms with E-state index in [2.05, 4.69) is 10.4 Å². The van der Waals surface area contributed by atoms with Crippen molar-refractivity contribution in [2.45, 2.75) is 0 Å². The summed E-state index contributed by atoms with van der Waals surface area (Å²) in [7, 11) is 3.61. The summed E-state index contributed by atoms with van der Waals surface area (Å²) in [6.07, 6.45) is 1.33. The van der Waals surface area contributed by atoms with Crippen LogP contribution in [0.1, 0.15) is 9.67 Å². The largest absolute Gasteiger partial charge is 0.477 e. The minimum atomic E-state index is -0.945. The van der Waals surface area contributed by atoms with Crippen molar-refractivity contribution in [3.05, 3.63) is 11.1 Å². The predicted molar refractivity (Wildman–Crippen MR) is 46.4 cm³/mol. The number of carbonyl (C=O) groups is 1. The number of aromatic nitrogens is 1. The molecule has 1 rings (SSSR count). The average molecular weight is 187 g/mol. The summed E-state index contributed by atoms with van der Waals surface area (Å²) in [5.74, 6) is -0.945. The van der Waals surface area contributed by atoms with Crippen molar-refractivity contribution in [1.82, 2.24) is 9.99 Å². The Balaban J connectivity index is 2.71. The van der Waals surface area contributed by atoms with E-state index in [1.54, 1.807) is 5.01 Å². The molecule has 0 fully saturated rings. The summed E-state index contributed by atoms with van der Waals surface area (Å²) in [4.78, 5) is 14.5. The Labute approximate surface area is 73.6 Å². The molecule has 0 saturated carbocycles. The van der Waals surface area contributed by atoms with E-state index in [1.807, 2.05) is 14.1 Å². The quantitative estimate of drug-likeness (QED) is 0.683. The fourth-order valence-electron chi connectivity index (χ4n) is 0.616. The Kier molecular flexibility index (Phi) is 2.61. The highest BCUT2D eigenvalue weighted by atomic mass is 32.1. The van der Waals surface area contributed by atoms with E-state index in [0.717, 1.165) is 11.3 Å². The van der Waals surface area contributed by atoms with Gasteiger partial charge in [0.2, 0.25) is 0 Å². The maximum atomic E-state index is 10.4. The van der Waals surface area contributed by atoms with Crippen molar-refractivity contribution in [2.24, 2.45) is 0 Å². The Morgan fingerprint density at radius 2 is 2.42 bits per heavy atom. The van der Waals surface area contributed by atoms with Gasteiger partial charge in [-0.1, -0.05) is 11.3 Å². The van der Waals surface area contributed by atoms with Crippen molar-refractivity contribution in [1.29, 1.82) is 0 Å². The number of hydrogen-bond donors (Lipinski definition) is 2. The average Bonchev–Trinajstić information content (AvgIpc) is 2.34. The second-order valence-corrected chi connectivity index (χ2v) is 3.37. The standard InChI is InChI=1S/C6H9N3O2S/c1-9(2)8-6-7-3-4(12-6)5(10)11/h3H,1-2H3,(H,7,8)(H,10,11). The smallest absolute Gasteiger partial charge is 0.347 e. The molecule has 0 unspecified atom stereocenters. The molecule has 66 valence electrons. The number of nitrogens with one attached hydrogen (secondary N) is 1. The van der Waals surface area contributed by atoms with E-state index in [-0.39, 0.29) is 4.88 Å². The van der Waals surface area contributed by atoms with Gasteiger partial charge in [0.15, 0.2) is 5.13 Å². The molecule has 0 radical (unpaired) electrons. The summed E-state index contributed by atoms with van der Waals surface area (Å²) in [5, 5.41) is 10.8. The van der Waals surface area contributed by atoms with Crippen LogP contribution in [0.3, 0.4) is 0 Å². The number of carboxylic acid groups (broad SMARTS) is 1. The van der Waals surface area contributed by atoms with E-state index >= 15 is 0 Å². The summed E-state index contributed by atoms with van der Waals surface area (Å²) >= 11 is 1.11. The topological polar surface area (TPSA) is 65.5 Å². The second kappa shape index (κ2) is 3.51. The molecule has 0 bridgehead atoms. The number of anilines is 1. The second-order valence-electron chi connectivity index (χ2n) is 2.34. The van der Waals surface area contributed by atoms with Gasteiger partial charge >= 0.3 is 5.97 Å². The van der Waals surface area contributed by atoms with Crippen molar-refractivity contribution in [2.75, 3.05) is 19.5 Å². The molecule has 1 aromatic rings. The molecule has 0 aliphatic carbocycles. The third-order valence-corrected chi connectivity index (χ3v) is 1.93. The molecule has 12 heavy (non-hydrogen) atoms. The van der Waals surface area contributed by atoms with Gasteiger partial charge in [0.1, 0.15) is 4.88 Å². The zero-order chi connectivity index (χ0) is 9.14.